The Bertz CT molecular complexity index is 396. The van der Waals surface area contributed by atoms with Crippen LogP contribution in [0.15, 0.2) is 4.47 Å². The number of nitrogens with zero attached hydrogens (tertiary/aromatic N) is 2. The normalized spacial score (nSPS) is 13.9. The van der Waals surface area contributed by atoms with Crippen LogP contribution in [0.5, 0.6) is 0 Å². The van der Waals surface area contributed by atoms with Gasteiger partial charge in [0.1, 0.15) is 0 Å². The first-order valence-corrected chi connectivity index (χ1v) is 7.15. The van der Waals surface area contributed by atoms with Crippen molar-refractivity contribution in [2.45, 2.75) is 59.2 Å². The van der Waals surface area contributed by atoms with Crippen molar-refractivity contribution in [2.75, 3.05) is 6.61 Å². The van der Waals surface area contributed by atoms with Gasteiger partial charge in [0.25, 0.3) is 0 Å². The highest BCUT2D eigenvalue weighted by Gasteiger charge is 2.17. The lowest BCUT2D eigenvalue weighted by atomic mass is 10.1. The highest BCUT2D eigenvalue weighted by Crippen LogP contribution is 2.22. The topological polar surface area (TPSA) is 53.1 Å². The van der Waals surface area contributed by atoms with Crippen molar-refractivity contribution in [1.82, 2.24) is 9.78 Å². The molecule has 1 unspecified atom stereocenters. The maximum atomic E-state index is 6.13. The van der Waals surface area contributed by atoms with Crippen LogP contribution in [-0.2, 0) is 17.7 Å². The summed E-state index contributed by atoms with van der Waals surface area (Å²) >= 11 is 3.58. The molecule has 0 aliphatic rings. The third kappa shape index (κ3) is 4.37. The highest BCUT2D eigenvalue weighted by atomic mass is 79.9. The van der Waals surface area contributed by atoms with E-state index >= 15 is 0 Å². The van der Waals surface area contributed by atoms with E-state index in [-0.39, 0.29) is 11.6 Å². The average molecular weight is 318 g/mol. The van der Waals surface area contributed by atoms with Crippen molar-refractivity contribution in [3.05, 3.63) is 15.9 Å². The van der Waals surface area contributed by atoms with Crippen LogP contribution in [0.3, 0.4) is 0 Å². The lowest BCUT2D eigenvalue weighted by molar-refractivity contribution is -0.0100. The number of ether oxygens (including phenoxy) is 1. The van der Waals surface area contributed by atoms with Gasteiger partial charge in [-0.1, -0.05) is 0 Å². The average Bonchev–Trinajstić information content (AvgIpc) is 2.53. The Morgan fingerprint density at radius 1 is 1.44 bits per heavy atom. The van der Waals surface area contributed by atoms with Crippen LogP contribution < -0.4 is 5.73 Å². The van der Waals surface area contributed by atoms with Gasteiger partial charge in [0, 0.05) is 19.0 Å². The van der Waals surface area contributed by atoms with E-state index in [0.717, 1.165) is 28.8 Å². The molecule has 0 aromatic carbocycles. The second-order valence-corrected chi connectivity index (χ2v) is 6.34. The number of nitrogens with two attached hydrogens (primary N) is 1. The van der Waals surface area contributed by atoms with Gasteiger partial charge in [0.15, 0.2) is 0 Å². The predicted octanol–water partition coefficient (Wildman–Crippen LogP) is 2.66. The van der Waals surface area contributed by atoms with Crippen molar-refractivity contribution in [2.24, 2.45) is 5.73 Å². The Hall–Kier alpha value is -0.390. The molecule has 1 atom stereocenters. The van der Waals surface area contributed by atoms with E-state index in [9.17, 15) is 0 Å². The summed E-state index contributed by atoms with van der Waals surface area (Å²) in [7, 11) is 0. The van der Waals surface area contributed by atoms with Crippen LogP contribution in [-0.4, -0.2) is 28.0 Å². The Labute approximate surface area is 118 Å². The van der Waals surface area contributed by atoms with Crippen LogP contribution in [0.2, 0.25) is 0 Å². The number of hydrogen-bond acceptors (Lipinski definition) is 3. The standard InChI is InChI=1S/C13H24BrN3O/c1-6-17-11(12(14)9(2)16-17)7-10(15)8-18-13(3,4)5/h10H,6-8,15H2,1-5H3. The van der Waals surface area contributed by atoms with Crippen molar-refractivity contribution in [3.8, 4) is 0 Å². The Kier molecular flexibility index (Phi) is 5.37. The summed E-state index contributed by atoms with van der Waals surface area (Å²) in [6, 6.07) is -0.0121. The van der Waals surface area contributed by atoms with E-state index < -0.39 is 0 Å². The highest BCUT2D eigenvalue weighted by molar-refractivity contribution is 9.10. The molecule has 5 heteroatoms. The quantitative estimate of drug-likeness (QED) is 0.908. The Morgan fingerprint density at radius 2 is 2.06 bits per heavy atom. The lowest BCUT2D eigenvalue weighted by Gasteiger charge is -2.22. The van der Waals surface area contributed by atoms with Gasteiger partial charge in [-0.2, -0.15) is 5.10 Å². The van der Waals surface area contributed by atoms with Crippen molar-refractivity contribution in [1.29, 1.82) is 0 Å². The minimum absolute atomic E-state index is 0.0121. The third-order valence-electron chi connectivity index (χ3n) is 2.64. The van der Waals surface area contributed by atoms with Crippen molar-refractivity contribution in [3.63, 3.8) is 0 Å². The first kappa shape index (κ1) is 15.7. The largest absolute Gasteiger partial charge is 0.374 e. The third-order valence-corrected chi connectivity index (χ3v) is 3.67. The van der Waals surface area contributed by atoms with Gasteiger partial charge >= 0.3 is 0 Å². The monoisotopic (exact) mass is 317 g/mol. The van der Waals surface area contributed by atoms with Crippen LogP contribution in [0.1, 0.15) is 39.1 Å². The maximum Gasteiger partial charge on any atom is 0.0738 e. The van der Waals surface area contributed by atoms with Gasteiger partial charge in [-0.05, 0) is 50.5 Å². The molecule has 1 aromatic rings. The molecule has 0 fully saturated rings. The summed E-state index contributed by atoms with van der Waals surface area (Å²) in [5.74, 6) is 0. The van der Waals surface area contributed by atoms with Crippen LogP contribution in [0.4, 0.5) is 0 Å². The fourth-order valence-electron chi connectivity index (χ4n) is 1.73. The number of halogens is 1. The molecule has 0 radical (unpaired) electrons. The van der Waals surface area contributed by atoms with E-state index in [2.05, 4.69) is 28.0 Å². The van der Waals surface area contributed by atoms with Crippen LogP contribution in [0.25, 0.3) is 0 Å². The molecular formula is C13H24BrN3O. The van der Waals surface area contributed by atoms with E-state index in [0.29, 0.717) is 6.61 Å². The molecule has 0 aliphatic carbocycles. The van der Waals surface area contributed by atoms with Gasteiger partial charge in [0.2, 0.25) is 0 Å². The summed E-state index contributed by atoms with van der Waals surface area (Å²) in [6.45, 7) is 11.6. The summed E-state index contributed by atoms with van der Waals surface area (Å²) < 4.78 is 8.78. The smallest absolute Gasteiger partial charge is 0.0738 e. The Morgan fingerprint density at radius 3 is 2.56 bits per heavy atom. The summed E-state index contributed by atoms with van der Waals surface area (Å²) in [5.41, 5.74) is 8.15. The van der Waals surface area contributed by atoms with E-state index in [1.165, 1.54) is 0 Å². The zero-order valence-electron chi connectivity index (χ0n) is 12.0. The van der Waals surface area contributed by atoms with Crippen LogP contribution >= 0.6 is 15.9 Å². The molecule has 0 saturated heterocycles. The summed E-state index contributed by atoms with van der Waals surface area (Å²) in [5, 5.41) is 4.46. The molecule has 2 N–H and O–H groups in total. The molecule has 1 heterocycles. The van der Waals surface area contributed by atoms with E-state index in [4.69, 9.17) is 10.5 Å². The number of hydrogen-bond donors (Lipinski definition) is 1. The molecule has 0 spiro atoms. The zero-order valence-corrected chi connectivity index (χ0v) is 13.5. The van der Waals surface area contributed by atoms with Gasteiger partial charge in [0.05, 0.1) is 28.1 Å². The van der Waals surface area contributed by atoms with Gasteiger partial charge in [-0.15, -0.1) is 0 Å². The first-order valence-electron chi connectivity index (χ1n) is 6.36. The minimum Gasteiger partial charge on any atom is -0.374 e. The molecule has 4 nitrogen and oxygen atoms in total. The van der Waals surface area contributed by atoms with Crippen LogP contribution in [0, 0.1) is 6.92 Å². The fraction of sp³-hybridized carbons (Fsp3) is 0.769. The first-order chi connectivity index (χ1) is 8.24. The molecule has 1 rings (SSSR count). The fourth-order valence-corrected chi connectivity index (χ4v) is 2.17. The van der Waals surface area contributed by atoms with Crippen molar-refractivity contribution < 1.29 is 4.74 Å². The van der Waals surface area contributed by atoms with Gasteiger partial charge < -0.3 is 10.5 Å². The molecule has 0 aliphatic heterocycles. The van der Waals surface area contributed by atoms with E-state index in [1.54, 1.807) is 0 Å². The summed E-state index contributed by atoms with van der Waals surface area (Å²) in [4.78, 5) is 0. The second kappa shape index (κ2) is 6.17. The minimum atomic E-state index is -0.143. The molecular weight excluding hydrogens is 294 g/mol. The molecule has 1 aromatic heterocycles. The molecule has 0 saturated carbocycles. The van der Waals surface area contributed by atoms with E-state index in [1.807, 2.05) is 32.4 Å². The lowest BCUT2D eigenvalue weighted by Crippen LogP contribution is -2.34. The number of aryl methyl sites for hydroxylation is 2. The SMILES string of the molecule is CCn1nc(C)c(Br)c1CC(N)COC(C)(C)C. The molecule has 104 valence electrons. The second-order valence-electron chi connectivity index (χ2n) is 5.55. The molecule has 0 bridgehead atoms. The van der Waals surface area contributed by atoms with Gasteiger partial charge in [-0.25, -0.2) is 0 Å². The Balaban J connectivity index is 2.67. The number of aromatic nitrogens is 2. The number of rotatable bonds is 5. The maximum absolute atomic E-state index is 6.13. The predicted molar refractivity (Wildman–Crippen MR) is 77.7 cm³/mol. The summed E-state index contributed by atoms with van der Waals surface area (Å²) in [6.07, 6.45) is 0.769. The molecule has 0 amide bonds. The zero-order chi connectivity index (χ0) is 13.9. The van der Waals surface area contributed by atoms with Crippen molar-refractivity contribution >= 4 is 15.9 Å². The van der Waals surface area contributed by atoms with Gasteiger partial charge in [-0.3, -0.25) is 4.68 Å². The molecule has 18 heavy (non-hydrogen) atoms.